The van der Waals surface area contributed by atoms with Crippen LogP contribution in [-0.4, -0.2) is 15.9 Å². The third-order valence-corrected chi connectivity index (χ3v) is 6.35. The molecule has 2 aromatic heterocycles. The zero-order valence-electron chi connectivity index (χ0n) is 19.6. The number of benzene rings is 4. The minimum absolute atomic E-state index is 0.0703. The van der Waals surface area contributed by atoms with E-state index in [9.17, 15) is 4.79 Å². The Bertz CT molecular complexity index is 1690. The molecular weight excluding hydrogens is 442 g/mol. The van der Waals surface area contributed by atoms with Gasteiger partial charge in [0.15, 0.2) is 0 Å². The monoisotopic (exact) mass is 465 g/mol. The summed E-state index contributed by atoms with van der Waals surface area (Å²) in [6, 6.07) is 38.0. The van der Waals surface area contributed by atoms with E-state index in [0.717, 1.165) is 44.2 Å². The number of anilines is 1. The van der Waals surface area contributed by atoms with Gasteiger partial charge in [0.2, 0.25) is 0 Å². The highest BCUT2D eigenvalue weighted by Crippen LogP contribution is 2.28. The summed E-state index contributed by atoms with van der Waals surface area (Å²) in [5, 5.41) is 1.99. The van der Waals surface area contributed by atoms with E-state index in [1.54, 1.807) is 6.20 Å². The summed E-state index contributed by atoms with van der Waals surface area (Å²) >= 11 is 0. The van der Waals surface area contributed by atoms with E-state index in [1.165, 1.54) is 0 Å². The van der Waals surface area contributed by atoms with E-state index in [0.29, 0.717) is 12.1 Å². The molecule has 2 heterocycles. The molecule has 4 aromatic carbocycles. The second kappa shape index (κ2) is 9.43. The van der Waals surface area contributed by atoms with Crippen LogP contribution in [-0.2, 0) is 6.54 Å². The Kier molecular flexibility index (Phi) is 5.68. The van der Waals surface area contributed by atoms with Gasteiger partial charge in [-0.3, -0.25) is 14.8 Å². The number of carbonyl (C=O) groups is 1. The van der Waals surface area contributed by atoms with E-state index in [1.807, 2.05) is 96.0 Å². The maximum Gasteiger partial charge on any atom is 0.258 e. The number of carbonyl (C=O) groups excluding carboxylic acids is 1. The van der Waals surface area contributed by atoms with Gasteiger partial charge in [0.25, 0.3) is 5.91 Å². The Morgan fingerprint density at radius 1 is 0.639 bits per heavy atom. The second-order valence-electron chi connectivity index (χ2n) is 8.75. The highest BCUT2D eigenvalue weighted by Gasteiger charge is 2.20. The van der Waals surface area contributed by atoms with Gasteiger partial charge >= 0.3 is 0 Å². The van der Waals surface area contributed by atoms with Gasteiger partial charge in [-0.05, 0) is 65.2 Å². The Hall–Kier alpha value is -4.83. The molecule has 0 saturated heterocycles. The minimum atomic E-state index is -0.0703. The Balaban J connectivity index is 1.43. The van der Waals surface area contributed by atoms with Gasteiger partial charge in [-0.25, -0.2) is 0 Å². The lowest BCUT2D eigenvalue weighted by Gasteiger charge is -2.24. The van der Waals surface area contributed by atoms with E-state index in [4.69, 9.17) is 0 Å². The molecule has 4 heteroatoms. The SMILES string of the molecule is O=C(c1ccc2ncccc2c1)N(Cc1cnc2ccccc2c1)c1cccc(-c2ccccc2)c1. The van der Waals surface area contributed by atoms with Crippen molar-refractivity contribution in [2.24, 2.45) is 0 Å². The van der Waals surface area contributed by atoms with Gasteiger partial charge in [-0.15, -0.1) is 0 Å². The fraction of sp³-hybridized carbons (Fsp3) is 0.0312. The van der Waals surface area contributed by atoms with Crippen LogP contribution in [0.5, 0.6) is 0 Å². The van der Waals surface area contributed by atoms with Crippen molar-refractivity contribution < 1.29 is 4.79 Å². The summed E-state index contributed by atoms with van der Waals surface area (Å²) in [5.41, 5.74) is 6.39. The van der Waals surface area contributed by atoms with Gasteiger partial charge in [-0.2, -0.15) is 0 Å². The number of pyridine rings is 2. The van der Waals surface area contributed by atoms with Crippen LogP contribution in [0.4, 0.5) is 5.69 Å². The first-order valence-corrected chi connectivity index (χ1v) is 11.9. The average Bonchev–Trinajstić information content (AvgIpc) is 2.96. The molecule has 4 nitrogen and oxygen atoms in total. The quantitative estimate of drug-likeness (QED) is 0.268. The van der Waals surface area contributed by atoms with Crippen LogP contribution in [0.15, 0.2) is 128 Å². The number of amides is 1. The van der Waals surface area contributed by atoms with E-state index >= 15 is 0 Å². The number of nitrogens with zero attached hydrogens (tertiary/aromatic N) is 3. The summed E-state index contributed by atoms with van der Waals surface area (Å²) in [4.78, 5) is 24.8. The molecule has 0 radical (unpaired) electrons. The number of fused-ring (bicyclic) bond motifs is 2. The van der Waals surface area contributed by atoms with Crippen LogP contribution in [0.25, 0.3) is 32.9 Å². The standard InChI is InChI=1S/C32H23N3O/c36-32(28-15-16-31-27(19-28)12-7-17-33-31)35(22-23-18-26-10-4-5-14-30(26)34-21-23)29-13-6-11-25(20-29)24-8-2-1-3-9-24/h1-21H,22H2. The van der Waals surface area contributed by atoms with Crippen molar-refractivity contribution in [1.29, 1.82) is 0 Å². The van der Waals surface area contributed by atoms with Crippen LogP contribution in [0, 0.1) is 0 Å². The molecule has 0 fully saturated rings. The lowest BCUT2D eigenvalue weighted by Crippen LogP contribution is -2.30. The lowest BCUT2D eigenvalue weighted by atomic mass is 10.0. The first kappa shape index (κ1) is 21.7. The fourth-order valence-corrected chi connectivity index (χ4v) is 4.51. The minimum Gasteiger partial charge on any atom is -0.304 e. The summed E-state index contributed by atoms with van der Waals surface area (Å²) in [6.07, 6.45) is 3.62. The normalized spacial score (nSPS) is 11.0. The molecule has 0 aliphatic heterocycles. The first-order valence-electron chi connectivity index (χ1n) is 11.9. The second-order valence-corrected chi connectivity index (χ2v) is 8.75. The summed E-state index contributed by atoms with van der Waals surface area (Å²) in [5.74, 6) is -0.0703. The Morgan fingerprint density at radius 3 is 2.31 bits per heavy atom. The van der Waals surface area contributed by atoms with E-state index in [2.05, 4.69) is 40.3 Å². The van der Waals surface area contributed by atoms with Crippen LogP contribution in [0.3, 0.4) is 0 Å². The van der Waals surface area contributed by atoms with Crippen molar-refractivity contribution in [3.05, 3.63) is 139 Å². The van der Waals surface area contributed by atoms with Crippen molar-refractivity contribution in [1.82, 2.24) is 9.97 Å². The van der Waals surface area contributed by atoms with E-state index < -0.39 is 0 Å². The molecule has 0 unspecified atom stereocenters. The molecule has 172 valence electrons. The molecule has 0 N–H and O–H groups in total. The highest BCUT2D eigenvalue weighted by molar-refractivity contribution is 6.08. The van der Waals surface area contributed by atoms with Crippen LogP contribution >= 0.6 is 0 Å². The smallest absolute Gasteiger partial charge is 0.258 e. The predicted molar refractivity (Wildman–Crippen MR) is 146 cm³/mol. The lowest BCUT2D eigenvalue weighted by molar-refractivity contribution is 0.0985. The largest absolute Gasteiger partial charge is 0.304 e. The van der Waals surface area contributed by atoms with Gasteiger partial charge in [0.1, 0.15) is 0 Å². The number of rotatable bonds is 5. The molecule has 0 bridgehead atoms. The molecule has 1 amide bonds. The third-order valence-electron chi connectivity index (χ3n) is 6.35. The maximum atomic E-state index is 14.0. The van der Waals surface area contributed by atoms with Crippen molar-refractivity contribution in [2.75, 3.05) is 4.90 Å². The molecule has 0 atom stereocenters. The molecule has 0 spiro atoms. The van der Waals surface area contributed by atoms with Gasteiger partial charge in [-0.1, -0.05) is 66.7 Å². The van der Waals surface area contributed by atoms with Gasteiger partial charge in [0.05, 0.1) is 17.6 Å². The van der Waals surface area contributed by atoms with E-state index in [-0.39, 0.29) is 5.91 Å². The van der Waals surface area contributed by atoms with Gasteiger partial charge < -0.3 is 4.90 Å². The third kappa shape index (κ3) is 4.32. The summed E-state index contributed by atoms with van der Waals surface area (Å²) in [7, 11) is 0. The molecule has 0 saturated carbocycles. The van der Waals surface area contributed by atoms with Crippen molar-refractivity contribution >= 4 is 33.4 Å². The maximum absolute atomic E-state index is 14.0. The first-order chi connectivity index (χ1) is 17.7. The Morgan fingerprint density at radius 2 is 1.39 bits per heavy atom. The molecule has 36 heavy (non-hydrogen) atoms. The van der Waals surface area contributed by atoms with Gasteiger partial charge in [0, 0.05) is 34.4 Å². The van der Waals surface area contributed by atoms with Crippen molar-refractivity contribution in [2.45, 2.75) is 6.54 Å². The average molecular weight is 466 g/mol. The molecule has 0 aliphatic carbocycles. The summed E-state index contributed by atoms with van der Waals surface area (Å²) in [6.45, 7) is 0.403. The van der Waals surface area contributed by atoms with Crippen molar-refractivity contribution in [3.8, 4) is 11.1 Å². The zero-order valence-corrected chi connectivity index (χ0v) is 19.6. The predicted octanol–water partition coefficient (Wildman–Crippen LogP) is 7.30. The molecule has 6 aromatic rings. The van der Waals surface area contributed by atoms with Crippen LogP contribution in [0.2, 0.25) is 0 Å². The van der Waals surface area contributed by atoms with Crippen molar-refractivity contribution in [3.63, 3.8) is 0 Å². The number of aromatic nitrogens is 2. The number of hydrogen-bond acceptors (Lipinski definition) is 3. The van der Waals surface area contributed by atoms with Crippen LogP contribution in [0.1, 0.15) is 15.9 Å². The fourth-order valence-electron chi connectivity index (χ4n) is 4.51. The molecule has 0 aliphatic rings. The number of hydrogen-bond donors (Lipinski definition) is 0. The molecular formula is C32H23N3O. The van der Waals surface area contributed by atoms with Crippen LogP contribution < -0.4 is 4.90 Å². The molecule has 6 rings (SSSR count). The number of para-hydroxylation sites is 1. The topological polar surface area (TPSA) is 46.1 Å². The zero-order chi connectivity index (χ0) is 24.3. The Labute approximate surface area is 209 Å². The summed E-state index contributed by atoms with van der Waals surface area (Å²) < 4.78 is 0. The highest BCUT2D eigenvalue weighted by atomic mass is 16.2.